The molecule has 1 saturated heterocycles. The van der Waals surface area contributed by atoms with Gasteiger partial charge < -0.3 is 5.32 Å². The zero-order chi connectivity index (χ0) is 14.7. The van der Waals surface area contributed by atoms with Crippen LogP contribution in [0.2, 0.25) is 5.02 Å². The van der Waals surface area contributed by atoms with Crippen molar-refractivity contribution in [3.05, 3.63) is 69.2 Å². The van der Waals surface area contributed by atoms with Gasteiger partial charge in [-0.2, -0.15) is 0 Å². The molecule has 21 heavy (non-hydrogen) atoms. The van der Waals surface area contributed by atoms with E-state index in [9.17, 15) is 0 Å². The molecule has 1 aliphatic rings. The van der Waals surface area contributed by atoms with Gasteiger partial charge in [0.05, 0.1) is 6.04 Å². The fourth-order valence-corrected chi connectivity index (χ4v) is 3.23. The average Bonchev–Trinajstić information content (AvgIpc) is 2.52. The lowest BCUT2D eigenvalue weighted by atomic mass is 9.96. The molecule has 0 bridgehead atoms. The van der Waals surface area contributed by atoms with Gasteiger partial charge >= 0.3 is 0 Å². The molecule has 3 rings (SSSR count). The lowest BCUT2D eigenvalue weighted by molar-refractivity contribution is 0.198. The second kappa shape index (κ2) is 6.93. The molecule has 0 aromatic heterocycles. The number of halogens is 2. The van der Waals surface area contributed by atoms with Crippen LogP contribution < -0.4 is 5.32 Å². The third-order valence-electron chi connectivity index (χ3n) is 3.89. The van der Waals surface area contributed by atoms with E-state index >= 15 is 0 Å². The average molecular weight is 366 g/mol. The lowest BCUT2D eigenvalue weighted by Gasteiger charge is -2.35. The second-order valence-corrected chi connectivity index (χ2v) is 6.64. The van der Waals surface area contributed by atoms with Crippen molar-refractivity contribution in [2.45, 2.75) is 6.04 Å². The molecule has 0 spiro atoms. The minimum absolute atomic E-state index is 0.289. The summed E-state index contributed by atoms with van der Waals surface area (Å²) in [6.45, 7) is 4.20. The van der Waals surface area contributed by atoms with Gasteiger partial charge in [0, 0.05) is 35.7 Å². The van der Waals surface area contributed by atoms with Crippen LogP contribution >= 0.6 is 27.5 Å². The zero-order valence-corrected chi connectivity index (χ0v) is 14.1. The first-order valence-corrected chi connectivity index (χ1v) is 8.37. The van der Waals surface area contributed by atoms with Gasteiger partial charge in [-0.25, -0.2) is 0 Å². The summed E-state index contributed by atoms with van der Waals surface area (Å²) in [4.78, 5) is 2.53. The number of hydrogen-bond acceptors (Lipinski definition) is 2. The van der Waals surface area contributed by atoms with E-state index in [0.717, 1.165) is 35.7 Å². The number of rotatable bonds is 3. The molecule has 0 aliphatic carbocycles. The van der Waals surface area contributed by atoms with Gasteiger partial charge in [-0.1, -0.05) is 51.8 Å². The number of nitrogens with one attached hydrogen (secondary N) is 1. The maximum atomic E-state index is 6.04. The molecule has 0 amide bonds. The minimum Gasteiger partial charge on any atom is -0.314 e. The molecule has 1 heterocycles. The van der Waals surface area contributed by atoms with Gasteiger partial charge in [0.15, 0.2) is 0 Å². The molecule has 1 atom stereocenters. The van der Waals surface area contributed by atoms with Crippen molar-refractivity contribution in [3.8, 4) is 0 Å². The van der Waals surface area contributed by atoms with E-state index in [2.05, 4.69) is 62.5 Å². The third-order valence-corrected chi connectivity index (χ3v) is 4.67. The highest BCUT2D eigenvalue weighted by Gasteiger charge is 2.23. The Labute approximate surface area is 139 Å². The van der Waals surface area contributed by atoms with Crippen LogP contribution in [0.5, 0.6) is 0 Å². The predicted molar refractivity (Wildman–Crippen MR) is 91.9 cm³/mol. The third kappa shape index (κ3) is 3.67. The number of nitrogens with zero attached hydrogens (tertiary/aromatic N) is 1. The Balaban J connectivity index is 1.97. The first-order valence-electron chi connectivity index (χ1n) is 7.20. The van der Waals surface area contributed by atoms with Crippen LogP contribution in [0.4, 0.5) is 0 Å². The van der Waals surface area contributed by atoms with Crippen molar-refractivity contribution in [2.75, 3.05) is 26.2 Å². The highest BCUT2D eigenvalue weighted by Crippen LogP contribution is 2.30. The maximum absolute atomic E-state index is 6.04. The Morgan fingerprint density at radius 2 is 1.43 bits per heavy atom. The maximum Gasteiger partial charge on any atom is 0.0602 e. The summed E-state index contributed by atoms with van der Waals surface area (Å²) in [6.07, 6.45) is 0. The van der Waals surface area contributed by atoms with E-state index in [1.54, 1.807) is 0 Å². The van der Waals surface area contributed by atoms with Gasteiger partial charge in [0.1, 0.15) is 0 Å². The second-order valence-electron chi connectivity index (χ2n) is 5.29. The van der Waals surface area contributed by atoms with Crippen molar-refractivity contribution in [1.29, 1.82) is 0 Å². The van der Waals surface area contributed by atoms with Gasteiger partial charge in [-0.15, -0.1) is 0 Å². The van der Waals surface area contributed by atoms with E-state index in [1.807, 2.05) is 12.1 Å². The van der Waals surface area contributed by atoms with E-state index in [-0.39, 0.29) is 6.04 Å². The van der Waals surface area contributed by atoms with Crippen LogP contribution in [0, 0.1) is 0 Å². The fourth-order valence-electron chi connectivity index (χ4n) is 2.84. The Kier molecular flexibility index (Phi) is 4.96. The molecule has 2 aromatic carbocycles. The van der Waals surface area contributed by atoms with Crippen molar-refractivity contribution < 1.29 is 0 Å². The zero-order valence-electron chi connectivity index (χ0n) is 11.7. The molecule has 1 aliphatic heterocycles. The van der Waals surface area contributed by atoms with Crippen molar-refractivity contribution in [1.82, 2.24) is 10.2 Å². The van der Waals surface area contributed by atoms with Crippen molar-refractivity contribution in [3.63, 3.8) is 0 Å². The van der Waals surface area contributed by atoms with Gasteiger partial charge in [-0.05, 0) is 35.4 Å². The molecule has 2 nitrogen and oxygen atoms in total. The van der Waals surface area contributed by atoms with E-state index in [4.69, 9.17) is 11.6 Å². The molecule has 1 fully saturated rings. The first kappa shape index (κ1) is 15.0. The molecule has 0 saturated carbocycles. The topological polar surface area (TPSA) is 15.3 Å². The fraction of sp³-hybridized carbons (Fsp3) is 0.294. The molecule has 0 unspecified atom stereocenters. The standard InChI is InChI=1S/C17H18BrClN2/c18-15-5-1-13(2-6-15)17(21-11-9-20-10-12-21)14-3-7-16(19)8-4-14/h1-8,17,20H,9-12H2/t17-/m0/s1. The number of hydrogen-bond donors (Lipinski definition) is 1. The lowest BCUT2D eigenvalue weighted by Crippen LogP contribution is -2.45. The number of piperazine rings is 1. The smallest absolute Gasteiger partial charge is 0.0602 e. The summed E-state index contributed by atoms with van der Waals surface area (Å²) >= 11 is 9.55. The van der Waals surface area contributed by atoms with E-state index < -0.39 is 0 Å². The van der Waals surface area contributed by atoms with Crippen LogP contribution in [0.1, 0.15) is 17.2 Å². The Bertz CT molecular complexity index is 531. The summed E-state index contributed by atoms with van der Waals surface area (Å²) in [5.74, 6) is 0. The first-order chi connectivity index (χ1) is 10.2. The van der Waals surface area contributed by atoms with Crippen LogP contribution in [0.15, 0.2) is 53.0 Å². The largest absolute Gasteiger partial charge is 0.314 e. The van der Waals surface area contributed by atoms with Crippen LogP contribution in [-0.4, -0.2) is 31.1 Å². The van der Waals surface area contributed by atoms with Gasteiger partial charge in [-0.3, -0.25) is 4.90 Å². The summed E-state index contributed by atoms with van der Waals surface area (Å²) in [5, 5.41) is 4.21. The molecular weight excluding hydrogens is 348 g/mol. The molecule has 0 radical (unpaired) electrons. The van der Waals surface area contributed by atoms with Crippen LogP contribution in [0.25, 0.3) is 0 Å². The summed E-state index contributed by atoms with van der Waals surface area (Å²) in [7, 11) is 0. The Morgan fingerprint density at radius 3 is 2.00 bits per heavy atom. The van der Waals surface area contributed by atoms with Gasteiger partial charge in [0.2, 0.25) is 0 Å². The van der Waals surface area contributed by atoms with E-state index in [1.165, 1.54) is 11.1 Å². The molecular formula is C17H18BrClN2. The summed E-state index contributed by atoms with van der Waals surface area (Å²) < 4.78 is 1.11. The molecule has 110 valence electrons. The Morgan fingerprint density at radius 1 is 0.905 bits per heavy atom. The monoisotopic (exact) mass is 364 g/mol. The van der Waals surface area contributed by atoms with Crippen LogP contribution in [0.3, 0.4) is 0 Å². The summed E-state index contributed by atoms with van der Waals surface area (Å²) in [6, 6.07) is 17.1. The normalized spacial score (nSPS) is 17.6. The van der Waals surface area contributed by atoms with E-state index in [0.29, 0.717) is 0 Å². The van der Waals surface area contributed by atoms with Gasteiger partial charge in [0.25, 0.3) is 0 Å². The predicted octanol–water partition coefficient (Wildman–Crippen LogP) is 4.10. The SMILES string of the molecule is Clc1ccc([C@H](c2ccc(Br)cc2)N2CCNCC2)cc1. The van der Waals surface area contributed by atoms with Crippen LogP contribution in [-0.2, 0) is 0 Å². The highest BCUT2D eigenvalue weighted by atomic mass is 79.9. The number of benzene rings is 2. The quantitative estimate of drug-likeness (QED) is 0.881. The highest BCUT2D eigenvalue weighted by molar-refractivity contribution is 9.10. The Hall–Kier alpha value is -0.870. The summed E-state index contributed by atoms with van der Waals surface area (Å²) in [5.41, 5.74) is 2.62. The molecule has 4 heteroatoms. The molecule has 2 aromatic rings. The van der Waals surface area contributed by atoms with Crippen molar-refractivity contribution in [2.24, 2.45) is 0 Å². The minimum atomic E-state index is 0.289. The van der Waals surface area contributed by atoms with Crippen molar-refractivity contribution >= 4 is 27.5 Å². The molecule has 1 N–H and O–H groups in total.